The lowest BCUT2D eigenvalue weighted by molar-refractivity contribution is -0.136. The summed E-state index contributed by atoms with van der Waals surface area (Å²) in [6, 6.07) is 5.58. The molecule has 172 valence electrons. The zero-order valence-electron chi connectivity index (χ0n) is 16.9. The summed E-state index contributed by atoms with van der Waals surface area (Å²) in [6.07, 6.45) is 0.322. The lowest BCUT2D eigenvalue weighted by Crippen LogP contribution is -2.39. The zero-order chi connectivity index (χ0) is 23.3. The van der Waals surface area contributed by atoms with E-state index in [1.54, 1.807) is 0 Å². The van der Waals surface area contributed by atoms with Crippen molar-refractivity contribution in [2.75, 3.05) is 16.0 Å². The molecule has 32 heavy (non-hydrogen) atoms. The van der Waals surface area contributed by atoms with Gasteiger partial charge < -0.3 is 26.4 Å². The second kappa shape index (κ2) is 9.99. The molecule has 11 heteroatoms. The third kappa shape index (κ3) is 6.19. The molecule has 0 aliphatic heterocycles. The molecule has 0 spiro atoms. The first-order valence-corrected chi connectivity index (χ1v) is 10.4. The van der Waals surface area contributed by atoms with Crippen LogP contribution >= 0.6 is 11.6 Å². The smallest absolute Gasteiger partial charge is 0.418 e. The van der Waals surface area contributed by atoms with Gasteiger partial charge in [0.15, 0.2) is 5.75 Å². The summed E-state index contributed by atoms with van der Waals surface area (Å²) in [6.45, 7) is 0. The number of urea groups is 2. The van der Waals surface area contributed by atoms with Crippen molar-refractivity contribution in [3.05, 3.63) is 47.0 Å². The first-order chi connectivity index (χ1) is 15.1. The maximum absolute atomic E-state index is 13.1. The number of rotatable bonds is 4. The van der Waals surface area contributed by atoms with Gasteiger partial charge in [0, 0.05) is 11.7 Å². The average molecular weight is 471 g/mol. The molecule has 4 amide bonds. The van der Waals surface area contributed by atoms with E-state index in [2.05, 4.69) is 21.3 Å². The Morgan fingerprint density at radius 1 is 0.938 bits per heavy atom. The van der Waals surface area contributed by atoms with E-state index >= 15 is 0 Å². The fourth-order valence-corrected chi connectivity index (χ4v) is 3.70. The summed E-state index contributed by atoms with van der Waals surface area (Å²) in [4.78, 5) is 24.5. The van der Waals surface area contributed by atoms with Crippen LogP contribution in [0.4, 0.5) is 39.8 Å². The quantitative estimate of drug-likeness (QED) is 0.273. The molecule has 0 bridgehead atoms. The van der Waals surface area contributed by atoms with Gasteiger partial charge in [0.2, 0.25) is 0 Å². The molecule has 0 unspecified atom stereocenters. The van der Waals surface area contributed by atoms with Crippen LogP contribution < -0.4 is 21.3 Å². The maximum atomic E-state index is 13.1. The van der Waals surface area contributed by atoms with E-state index in [-0.39, 0.29) is 22.4 Å². The number of carbonyl (C=O) groups excluding carboxylic acids is 2. The lowest BCUT2D eigenvalue weighted by atomic mass is 9.96. The van der Waals surface area contributed by atoms with Crippen LogP contribution in [0.25, 0.3) is 0 Å². The molecule has 0 heterocycles. The van der Waals surface area contributed by atoms with Crippen molar-refractivity contribution in [1.82, 2.24) is 5.32 Å². The topological polar surface area (TPSA) is 102 Å². The number of hydrogen-bond acceptors (Lipinski definition) is 3. The minimum atomic E-state index is -4.66. The normalized spacial score (nSPS) is 14.5. The van der Waals surface area contributed by atoms with Gasteiger partial charge in [-0.1, -0.05) is 43.0 Å². The average Bonchev–Trinajstić information content (AvgIpc) is 2.72. The van der Waals surface area contributed by atoms with Crippen molar-refractivity contribution in [3.8, 4) is 5.75 Å². The van der Waals surface area contributed by atoms with Gasteiger partial charge in [0.05, 0.1) is 22.0 Å². The second-order valence-corrected chi connectivity index (χ2v) is 7.82. The van der Waals surface area contributed by atoms with Gasteiger partial charge in [-0.05, 0) is 37.1 Å². The summed E-state index contributed by atoms with van der Waals surface area (Å²) >= 11 is 5.98. The van der Waals surface area contributed by atoms with E-state index in [9.17, 15) is 27.9 Å². The molecule has 5 N–H and O–H groups in total. The van der Waals surface area contributed by atoms with Crippen LogP contribution in [0.3, 0.4) is 0 Å². The number of para-hydroxylation sites is 1. The van der Waals surface area contributed by atoms with Crippen LogP contribution in [0.2, 0.25) is 5.02 Å². The number of nitrogens with one attached hydrogen (secondary N) is 4. The monoisotopic (exact) mass is 470 g/mol. The molecule has 0 aromatic heterocycles. The van der Waals surface area contributed by atoms with Crippen LogP contribution in [-0.4, -0.2) is 23.2 Å². The molecule has 3 rings (SSSR count). The molecule has 2 aromatic rings. The Bertz CT molecular complexity index is 995. The highest BCUT2D eigenvalue weighted by Gasteiger charge is 2.33. The molecule has 1 aliphatic carbocycles. The first-order valence-electron chi connectivity index (χ1n) is 9.98. The molecule has 7 nitrogen and oxygen atoms in total. The molecule has 0 atom stereocenters. The minimum Gasteiger partial charge on any atom is -0.504 e. The SMILES string of the molecule is O=C(Nc1ccccc1C(F)(F)F)Nc1cc(NC(=O)NC2CCCCC2)cc(Cl)c1O. The Balaban J connectivity index is 1.69. The summed E-state index contributed by atoms with van der Waals surface area (Å²) in [7, 11) is 0. The van der Waals surface area contributed by atoms with Gasteiger partial charge in [-0.2, -0.15) is 13.2 Å². The van der Waals surface area contributed by atoms with Crippen molar-refractivity contribution in [2.45, 2.75) is 44.3 Å². The van der Waals surface area contributed by atoms with Crippen molar-refractivity contribution < 1.29 is 27.9 Å². The van der Waals surface area contributed by atoms with Crippen molar-refractivity contribution in [3.63, 3.8) is 0 Å². The van der Waals surface area contributed by atoms with E-state index < -0.39 is 35.2 Å². The van der Waals surface area contributed by atoms with Crippen LogP contribution in [0.1, 0.15) is 37.7 Å². The number of aromatic hydroxyl groups is 1. The number of amides is 4. The minimum absolute atomic E-state index is 0.0633. The van der Waals surface area contributed by atoms with Crippen LogP contribution in [0.15, 0.2) is 36.4 Å². The van der Waals surface area contributed by atoms with Crippen LogP contribution in [0, 0.1) is 0 Å². The van der Waals surface area contributed by atoms with Gasteiger partial charge in [-0.3, -0.25) is 0 Å². The summed E-state index contributed by atoms with van der Waals surface area (Å²) in [5, 5.41) is 19.8. The fourth-order valence-electron chi connectivity index (χ4n) is 3.48. The summed E-state index contributed by atoms with van der Waals surface area (Å²) < 4.78 is 39.3. The number of benzene rings is 2. The molecular weight excluding hydrogens is 449 g/mol. The van der Waals surface area contributed by atoms with E-state index in [1.807, 2.05) is 0 Å². The standard InChI is InChI=1S/C21H22ClF3N4O3/c22-15-10-13(27-19(31)26-12-6-2-1-3-7-12)11-17(18(15)30)29-20(32)28-16-9-5-4-8-14(16)21(23,24)25/h4-5,8-12,30H,1-3,6-7H2,(H2,26,27,31)(H2,28,29,32). The van der Waals surface area contributed by atoms with Crippen LogP contribution in [0.5, 0.6) is 5.75 Å². The number of carbonyl (C=O) groups is 2. The van der Waals surface area contributed by atoms with Crippen molar-refractivity contribution >= 4 is 40.7 Å². The predicted molar refractivity (Wildman–Crippen MR) is 116 cm³/mol. The third-order valence-corrected chi connectivity index (χ3v) is 5.28. The number of phenolic OH excluding ortho intramolecular Hbond substituents is 1. The molecule has 2 aromatic carbocycles. The Labute approximate surface area is 187 Å². The largest absolute Gasteiger partial charge is 0.504 e. The van der Waals surface area contributed by atoms with Crippen LogP contribution in [-0.2, 0) is 6.18 Å². The van der Waals surface area contributed by atoms with Gasteiger partial charge in [0.1, 0.15) is 0 Å². The molecule has 1 aliphatic rings. The van der Waals surface area contributed by atoms with E-state index in [1.165, 1.54) is 24.3 Å². The highest BCUT2D eigenvalue weighted by atomic mass is 35.5. The van der Waals surface area contributed by atoms with Crippen molar-refractivity contribution in [2.24, 2.45) is 0 Å². The molecular formula is C21H22ClF3N4O3. The maximum Gasteiger partial charge on any atom is 0.418 e. The molecule has 1 saturated carbocycles. The van der Waals surface area contributed by atoms with E-state index in [4.69, 9.17) is 11.6 Å². The molecule has 0 radical (unpaired) electrons. The zero-order valence-corrected chi connectivity index (χ0v) is 17.6. The summed E-state index contributed by atoms with van der Waals surface area (Å²) in [5.41, 5.74) is -1.48. The predicted octanol–water partition coefficient (Wildman–Crippen LogP) is 6.16. The lowest BCUT2D eigenvalue weighted by Gasteiger charge is -2.23. The number of phenols is 1. The van der Waals surface area contributed by atoms with E-state index in [0.717, 1.165) is 44.2 Å². The number of alkyl halides is 3. The van der Waals surface area contributed by atoms with E-state index in [0.29, 0.717) is 0 Å². The highest BCUT2D eigenvalue weighted by Crippen LogP contribution is 2.37. The van der Waals surface area contributed by atoms with Gasteiger partial charge in [-0.15, -0.1) is 0 Å². The Hall–Kier alpha value is -3.14. The van der Waals surface area contributed by atoms with Gasteiger partial charge in [0.25, 0.3) is 0 Å². The summed E-state index contributed by atoms with van der Waals surface area (Å²) in [5.74, 6) is -0.496. The first kappa shape index (κ1) is 23.5. The highest BCUT2D eigenvalue weighted by molar-refractivity contribution is 6.33. The molecule has 1 fully saturated rings. The number of halogens is 4. The molecule has 0 saturated heterocycles. The van der Waals surface area contributed by atoms with Gasteiger partial charge >= 0.3 is 18.2 Å². The van der Waals surface area contributed by atoms with Crippen molar-refractivity contribution in [1.29, 1.82) is 0 Å². The Kier molecular flexibility index (Phi) is 7.34. The second-order valence-electron chi connectivity index (χ2n) is 7.41. The number of hydrogen-bond donors (Lipinski definition) is 5. The Morgan fingerprint density at radius 3 is 2.28 bits per heavy atom. The fraction of sp³-hybridized carbons (Fsp3) is 0.333. The van der Waals surface area contributed by atoms with Gasteiger partial charge in [-0.25, -0.2) is 9.59 Å². The third-order valence-electron chi connectivity index (χ3n) is 4.99. The number of anilines is 3. The Morgan fingerprint density at radius 2 is 1.59 bits per heavy atom.